The van der Waals surface area contributed by atoms with Gasteiger partial charge in [-0.1, -0.05) is 0 Å². The van der Waals surface area contributed by atoms with Gasteiger partial charge in [0.2, 0.25) is 6.41 Å². The first-order valence-electron chi connectivity index (χ1n) is 3.22. The number of carbonyl (C=O) groups excluding carboxylic acids is 1. The van der Waals surface area contributed by atoms with E-state index >= 15 is 0 Å². The van der Waals surface area contributed by atoms with Crippen molar-refractivity contribution in [2.45, 2.75) is 19.4 Å². The van der Waals surface area contributed by atoms with Crippen LogP contribution in [0.5, 0.6) is 0 Å². The van der Waals surface area contributed by atoms with E-state index in [0.29, 0.717) is 6.61 Å². The number of carbonyl (C=O) groups is 1. The number of hydrogen-bond donors (Lipinski definition) is 0. The Bertz CT molecular complexity index is 112. The first kappa shape index (κ1) is 9.43. The number of rotatable bonds is 4. The Morgan fingerprint density at radius 2 is 2.10 bits per heavy atom. The highest BCUT2D eigenvalue weighted by molar-refractivity contribution is 5.48. The third kappa shape index (κ3) is 2.35. The molecule has 0 aromatic carbocycles. The number of ether oxygens (including phenoxy) is 1. The van der Waals surface area contributed by atoms with Crippen molar-refractivity contribution in [2.75, 3.05) is 20.8 Å². The van der Waals surface area contributed by atoms with Crippen LogP contribution < -0.4 is 0 Å². The van der Waals surface area contributed by atoms with Gasteiger partial charge in [0.15, 0.2) is 0 Å². The summed E-state index contributed by atoms with van der Waals surface area (Å²) in [5, 5.41) is 0. The number of nitrogens with zero attached hydrogens (tertiary/aromatic N) is 1. The third-order valence-corrected chi connectivity index (χ3v) is 1.61. The molecular weight excluding hydrogens is 130 g/mol. The molecule has 0 saturated heterocycles. The van der Waals surface area contributed by atoms with E-state index in [0.717, 1.165) is 6.41 Å². The van der Waals surface area contributed by atoms with Crippen molar-refractivity contribution in [3.63, 3.8) is 0 Å². The maximum absolute atomic E-state index is 10.3. The van der Waals surface area contributed by atoms with E-state index in [-0.39, 0.29) is 5.54 Å². The Labute approximate surface area is 62.0 Å². The summed E-state index contributed by atoms with van der Waals surface area (Å²) in [6, 6.07) is 0. The average Bonchev–Trinajstić information content (AvgIpc) is 1.86. The summed E-state index contributed by atoms with van der Waals surface area (Å²) in [5.41, 5.74) is -0.198. The molecule has 0 saturated carbocycles. The number of hydrogen-bond acceptors (Lipinski definition) is 2. The van der Waals surface area contributed by atoms with Gasteiger partial charge in [-0.05, 0) is 13.8 Å². The second-order valence-corrected chi connectivity index (χ2v) is 2.96. The lowest BCUT2D eigenvalue weighted by Crippen LogP contribution is -2.43. The molecular formula is C7H15NO2. The van der Waals surface area contributed by atoms with Crippen molar-refractivity contribution in [3.8, 4) is 0 Å². The Kier molecular flexibility index (Phi) is 3.36. The van der Waals surface area contributed by atoms with Crippen LogP contribution in [0.2, 0.25) is 0 Å². The maximum atomic E-state index is 10.3. The summed E-state index contributed by atoms with van der Waals surface area (Å²) in [5.74, 6) is 0. The highest BCUT2D eigenvalue weighted by Crippen LogP contribution is 2.09. The Morgan fingerprint density at radius 3 is 2.40 bits per heavy atom. The lowest BCUT2D eigenvalue weighted by molar-refractivity contribution is -0.122. The van der Waals surface area contributed by atoms with E-state index in [9.17, 15) is 4.79 Å². The molecule has 60 valence electrons. The molecule has 1 amide bonds. The van der Waals surface area contributed by atoms with Crippen molar-refractivity contribution in [1.29, 1.82) is 0 Å². The lowest BCUT2D eigenvalue weighted by atomic mass is 10.1. The van der Waals surface area contributed by atoms with Crippen LogP contribution in [0.1, 0.15) is 13.8 Å². The predicted molar refractivity (Wildman–Crippen MR) is 39.8 cm³/mol. The zero-order valence-electron chi connectivity index (χ0n) is 7.05. The molecule has 0 bridgehead atoms. The highest BCUT2D eigenvalue weighted by atomic mass is 16.5. The summed E-state index contributed by atoms with van der Waals surface area (Å²) < 4.78 is 4.93. The van der Waals surface area contributed by atoms with Crippen LogP contribution in [-0.4, -0.2) is 37.6 Å². The van der Waals surface area contributed by atoms with Crippen LogP contribution in [0, 0.1) is 0 Å². The normalized spacial score (nSPS) is 11.2. The van der Waals surface area contributed by atoms with E-state index in [2.05, 4.69) is 0 Å². The van der Waals surface area contributed by atoms with Crippen molar-refractivity contribution >= 4 is 6.41 Å². The van der Waals surface area contributed by atoms with Crippen molar-refractivity contribution in [2.24, 2.45) is 0 Å². The van der Waals surface area contributed by atoms with Gasteiger partial charge >= 0.3 is 0 Å². The summed E-state index contributed by atoms with van der Waals surface area (Å²) in [7, 11) is 3.37. The predicted octanol–water partition coefficient (Wildman–Crippen LogP) is 0.500. The van der Waals surface area contributed by atoms with Gasteiger partial charge in [0, 0.05) is 14.2 Å². The van der Waals surface area contributed by atoms with Crippen LogP contribution in [0.15, 0.2) is 0 Å². The van der Waals surface area contributed by atoms with Gasteiger partial charge in [-0.15, -0.1) is 0 Å². The maximum Gasteiger partial charge on any atom is 0.209 e. The Morgan fingerprint density at radius 1 is 1.60 bits per heavy atom. The van der Waals surface area contributed by atoms with E-state index < -0.39 is 0 Å². The topological polar surface area (TPSA) is 29.5 Å². The van der Waals surface area contributed by atoms with Gasteiger partial charge in [0.05, 0.1) is 12.1 Å². The van der Waals surface area contributed by atoms with Crippen LogP contribution in [0.3, 0.4) is 0 Å². The SMILES string of the molecule is COCC(C)(C)N(C)C=O. The first-order chi connectivity index (χ1) is 4.54. The fourth-order valence-electron chi connectivity index (χ4n) is 0.598. The molecule has 0 aliphatic rings. The van der Waals surface area contributed by atoms with E-state index in [1.54, 1.807) is 19.1 Å². The van der Waals surface area contributed by atoms with Gasteiger partial charge in [0.25, 0.3) is 0 Å². The summed E-state index contributed by atoms with van der Waals surface area (Å²) in [4.78, 5) is 11.9. The second kappa shape index (κ2) is 3.56. The average molecular weight is 145 g/mol. The van der Waals surface area contributed by atoms with Crippen molar-refractivity contribution < 1.29 is 9.53 Å². The molecule has 0 heterocycles. The molecule has 0 aromatic heterocycles. The first-order valence-corrected chi connectivity index (χ1v) is 3.22. The molecule has 0 atom stereocenters. The standard InChI is InChI=1S/C7H15NO2/c1-7(2,5-10-4)8(3)6-9/h6H,5H2,1-4H3. The largest absolute Gasteiger partial charge is 0.382 e. The minimum absolute atomic E-state index is 0.198. The lowest BCUT2D eigenvalue weighted by Gasteiger charge is -2.31. The molecule has 0 rings (SSSR count). The van der Waals surface area contributed by atoms with Crippen LogP contribution in [-0.2, 0) is 9.53 Å². The summed E-state index contributed by atoms with van der Waals surface area (Å²) in [6.07, 6.45) is 0.805. The minimum atomic E-state index is -0.198. The van der Waals surface area contributed by atoms with Gasteiger partial charge in [-0.2, -0.15) is 0 Å². The van der Waals surface area contributed by atoms with Crippen LogP contribution in [0.25, 0.3) is 0 Å². The van der Waals surface area contributed by atoms with Crippen LogP contribution >= 0.6 is 0 Å². The molecule has 0 aliphatic heterocycles. The Balaban J connectivity index is 3.94. The smallest absolute Gasteiger partial charge is 0.209 e. The minimum Gasteiger partial charge on any atom is -0.382 e. The zero-order chi connectivity index (χ0) is 8.20. The molecule has 0 fully saturated rings. The molecule has 3 nitrogen and oxygen atoms in total. The molecule has 3 heteroatoms. The molecule has 0 spiro atoms. The quantitative estimate of drug-likeness (QED) is 0.539. The number of amides is 1. The van der Waals surface area contributed by atoms with Crippen molar-refractivity contribution in [1.82, 2.24) is 4.90 Å². The third-order valence-electron chi connectivity index (χ3n) is 1.61. The molecule has 0 aromatic rings. The fourth-order valence-corrected chi connectivity index (χ4v) is 0.598. The molecule has 0 unspecified atom stereocenters. The van der Waals surface area contributed by atoms with E-state index in [1.165, 1.54) is 0 Å². The van der Waals surface area contributed by atoms with Gasteiger partial charge in [0.1, 0.15) is 0 Å². The van der Waals surface area contributed by atoms with Gasteiger partial charge in [-0.3, -0.25) is 4.79 Å². The van der Waals surface area contributed by atoms with Crippen molar-refractivity contribution in [3.05, 3.63) is 0 Å². The van der Waals surface area contributed by atoms with Gasteiger partial charge < -0.3 is 9.64 Å². The molecule has 10 heavy (non-hydrogen) atoms. The molecule has 0 aliphatic carbocycles. The monoisotopic (exact) mass is 145 g/mol. The Hall–Kier alpha value is -0.570. The molecule has 0 N–H and O–H groups in total. The summed E-state index contributed by atoms with van der Waals surface area (Å²) >= 11 is 0. The zero-order valence-corrected chi connectivity index (χ0v) is 7.05. The van der Waals surface area contributed by atoms with E-state index in [1.807, 2.05) is 13.8 Å². The van der Waals surface area contributed by atoms with Crippen LogP contribution in [0.4, 0.5) is 0 Å². The number of methoxy groups -OCH3 is 1. The fraction of sp³-hybridized carbons (Fsp3) is 0.857. The summed E-state index contributed by atoms with van der Waals surface area (Å²) in [6.45, 7) is 4.46. The highest BCUT2D eigenvalue weighted by Gasteiger charge is 2.21. The van der Waals surface area contributed by atoms with E-state index in [4.69, 9.17) is 4.74 Å². The molecule has 0 radical (unpaired) electrons. The second-order valence-electron chi connectivity index (χ2n) is 2.96. The van der Waals surface area contributed by atoms with Gasteiger partial charge in [-0.25, -0.2) is 0 Å². The number of likely N-dealkylation sites (N-methyl/N-ethyl adjacent to an activating group) is 1.